The van der Waals surface area contributed by atoms with Gasteiger partial charge in [0, 0.05) is 11.6 Å². The van der Waals surface area contributed by atoms with Crippen molar-refractivity contribution >= 4 is 0 Å². The molecule has 3 heteroatoms. The Kier molecular flexibility index (Phi) is 5.25. The molecule has 0 unspecified atom stereocenters. The first-order chi connectivity index (χ1) is 13.8. The molecule has 0 aliphatic rings. The molecule has 4 aromatic rings. The van der Waals surface area contributed by atoms with Crippen molar-refractivity contribution in [1.29, 1.82) is 0 Å². The molecule has 0 heterocycles. The number of ether oxygens (including phenoxy) is 3. The summed E-state index contributed by atoms with van der Waals surface area (Å²) in [5, 5.41) is 0. The molecule has 0 saturated heterocycles. The van der Waals surface area contributed by atoms with Crippen molar-refractivity contribution in [3.63, 3.8) is 0 Å². The van der Waals surface area contributed by atoms with Gasteiger partial charge in [-0.05, 0) is 43.3 Å². The minimum Gasteiger partial charge on any atom is -0.457 e. The zero-order valence-electron chi connectivity index (χ0n) is 15.5. The van der Waals surface area contributed by atoms with Crippen molar-refractivity contribution in [2.24, 2.45) is 0 Å². The third-order valence-corrected chi connectivity index (χ3v) is 4.11. The number of hydrogen-bond donors (Lipinski definition) is 0. The number of hydrogen-bond acceptors (Lipinski definition) is 3. The van der Waals surface area contributed by atoms with E-state index in [1.165, 1.54) is 0 Å². The lowest BCUT2D eigenvalue weighted by Crippen LogP contribution is -1.95. The maximum atomic E-state index is 6.09. The van der Waals surface area contributed by atoms with Gasteiger partial charge in [0.15, 0.2) is 0 Å². The molecule has 1 radical (unpaired) electrons. The monoisotopic (exact) mass is 367 g/mol. The normalized spacial score (nSPS) is 10.3. The second kappa shape index (κ2) is 8.31. The summed E-state index contributed by atoms with van der Waals surface area (Å²) in [6.07, 6.45) is 0. The van der Waals surface area contributed by atoms with Gasteiger partial charge in [-0.3, -0.25) is 0 Å². The van der Waals surface area contributed by atoms with E-state index in [0.29, 0.717) is 17.2 Å². The van der Waals surface area contributed by atoms with Crippen LogP contribution in [0.1, 0.15) is 5.56 Å². The summed E-state index contributed by atoms with van der Waals surface area (Å²) in [4.78, 5) is 0. The van der Waals surface area contributed by atoms with Crippen molar-refractivity contribution in [3.05, 3.63) is 109 Å². The third-order valence-electron chi connectivity index (χ3n) is 4.11. The van der Waals surface area contributed by atoms with Gasteiger partial charge < -0.3 is 14.2 Å². The lowest BCUT2D eigenvalue weighted by atomic mass is 10.2. The first-order valence-corrected chi connectivity index (χ1v) is 9.03. The van der Waals surface area contributed by atoms with Gasteiger partial charge in [-0.2, -0.15) is 0 Å². The largest absolute Gasteiger partial charge is 0.457 e. The van der Waals surface area contributed by atoms with E-state index in [2.05, 4.69) is 6.07 Å². The Morgan fingerprint density at radius 3 is 1.57 bits per heavy atom. The van der Waals surface area contributed by atoms with Crippen molar-refractivity contribution in [3.8, 4) is 34.5 Å². The van der Waals surface area contributed by atoms with E-state index < -0.39 is 0 Å². The molecule has 4 aromatic carbocycles. The van der Waals surface area contributed by atoms with Gasteiger partial charge in [-0.1, -0.05) is 54.6 Å². The predicted octanol–water partition coefficient (Wildman–Crippen LogP) is 7.17. The molecule has 0 aliphatic heterocycles. The Morgan fingerprint density at radius 1 is 0.571 bits per heavy atom. The van der Waals surface area contributed by atoms with E-state index in [4.69, 9.17) is 14.2 Å². The van der Waals surface area contributed by atoms with Gasteiger partial charge in [0.2, 0.25) is 0 Å². The average Bonchev–Trinajstić information content (AvgIpc) is 2.74. The van der Waals surface area contributed by atoms with E-state index in [0.717, 1.165) is 22.8 Å². The molecule has 0 amide bonds. The van der Waals surface area contributed by atoms with E-state index in [1.807, 2.05) is 104 Å². The molecule has 0 aromatic heterocycles. The van der Waals surface area contributed by atoms with Crippen LogP contribution in [0, 0.1) is 13.0 Å². The first kappa shape index (κ1) is 17.7. The fourth-order valence-corrected chi connectivity index (χ4v) is 2.68. The van der Waals surface area contributed by atoms with Crippen molar-refractivity contribution in [1.82, 2.24) is 0 Å². The Hall–Kier alpha value is -3.72. The highest BCUT2D eigenvalue weighted by atomic mass is 16.5. The fraction of sp³-hybridized carbons (Fsp3) is 0.0400. The molecule has 3 nitrogen and oxygen atoms in total. The van der Waals surface area contributed by atoms with E-state index in [-0.39, 0.29) is 0 Å². The molecule has 0 N–H and O–H groups in total. The van der Waals surface area contributed by atoms with Crippen LogP contribution in [0.5, 0.6) is 34.5 Å². The van der Waals surface area contributed by atoms with Crippen molar-refractivity contribution in [2.75, 3.05) is 0 Å². The smallest absolute Gasteiger partial charge is 0.145 e. The van der Waals surface area contributed by atoms with Crippen molar-refractivity contribution < 1.29 is 14.2 Å². The summed E-state index contributed by atoms with van der Waals surface area (Å²) in [7, 11) is 0. The third kappa shape index (κ3) is 4.33. The van der Waals surface area contributed by atoms with E-state index in [1.54, 1.807) is 0 Å². The summed E-state index contributed by atoms with van der Waals surface area (Å²) in [5.41, 5.74) is 0.841. The highest BCUT2D eigenvalue weighted by Gasteiger charge is 2.14. The van der Waals surface area contributed by atoms with Crippen LogP contribution in [0.3, 0.4) is 0 Å². The van der Waals surface area contributed by atoms with Crippen LogP contribution < -0.4 is 14.2 Å². The number of rotatable bonds is 6. The van der Waals surface area contributed by atoms with Gasteiger partial charge in [0.05, 0.1) is 6.07 Å². The fourth-order valence-electron chi connectivity index (χ4n) is 2.68. The molecule has 0 bridgehead atoms. The minimum absolute atomic E-state index is 0.522. The summed E-state index contributed by atoms with van der Waals surface area (Å²) in [5.74, 6) is 3.93. The minimum atomic E-state index is 0.522. The molecule has 0 saturated carbocycles. The summed E-state index contributed by atoms with van der Waals surface area (Å²) in [6, 6.07) is 33.8. The van der Waals surface area contributed by atoms with Crippen molar-refractivity contribution in [2.45, 2.75) is 6.92 Å². The Labute approximate surface area is 164 Å². The summed E-state index contributed by atoms with van der Waals surface area (Å²) >= 11 is 0. The van der Waals surface area contributed by atoms with E-state index in [9.17, 15) is 0 Å². The standard InChI is InChI=1S/C25H19O3/c1-19-24(27-21-13-7-3-8-14-21)17-23(26-20-11-5-2-6-12-20)18-25(19)28-22-15-9-4-10-16-22/h2-17H,1H3. The van der Waals surface area contributed by atoms with Crippen LogP contribution in [0.15, 0.2) is 97.1 Å². The molecule has 0 atom stereocenters. The molecular formula is C25H19O3. The van der Waals surface area contributed by atoms with Gasteiger partial charge in [-0.25, -0.2) is 0 Å². The van der Waals surface area contributed by atoms with Gasteiger partial charge in [0.1, 0.15) is 34.5 Å². The maximum absolute atomic E-state index is 6.09. The van der Waals surface area contributed by atoms with Crippen LogP contribution in [-0.4, -0.2) is 0 Å². The van der Waals surface area contributed by atoms with Gasteiger partial charge in [-0.15, -0.1) is 0 Å². The highest BCUT2D eigenvalue weighted by Crippen LogP contribution is 2.38. The highest BCUT2D eigenvalue weighted by molar-refractivity contribution is 5.52. The second-order valence-corrected chi connectivity index (χ2v) is 6.20. The number of para-hydroxylation sites is 3. The molecule has 0 spiro atoms. The van der Waals surface area contributed by atoms with Crippen LogP contribution in [0.25, 0.3) is 0 Å². The zero-order chi connectivity index (χ0) is 19.2. The van der Waals surface area contributed by atoms with Crippen LogP contribution >= 0.6 is 0 Å². The summed E-state index contributed by atoms with van der Waals surface area (Å²) in [6.45, 7) is 1.94. The van der Waals surface area contributed by atoms with E-state index >= 15 is 0 Å². The van der Waals surface area contributed by atoms with Gasteiger partial charge >= 0.3 is 0 Å². The second-order valence-electron chi connectivity index (χ2n) is 6.20. The molecule has 137 valence electrons. The average molecular weight is 367 g/mol. The van der Waals surface area contributed by atoms with Gasteiger partial charge in [0.25, 0.3) is 0 Å². The SMILES string of the molecule is Cc1c(Oc2ccccc2)[c]c(Oc2ccccc2)cc1Oc1ccccc1. The molecule has 0 fully saturated rings. The lowest BCUT2D eigenvalue weighted by molar-refractivity contribution is 0.433. The Balaban J connectivity index is 1.71. The maximum Gasteiger partial charge on any atom is 0.145 e. The van der Waals surface area contributed by atoms with Crippen LogP contribution in [0.4, 0.5) is 0 Å². The quantitative estimate of drug-likeness (QED) is 0.361. The zero-order valence-corrected chi connectivity index (χ0v) is 15.5. The number of benzene rings is 4. The Morgan fingerprint density at radius 2 is 1.04 bits per heavy atom. The lowest BCUT2D eigenvalue weighted by Gasteiger charge is -2.16. The molecule has 4 rings (SSSR count). The summed E-state index contributed by atoms with van der Waals surface area (Å²) < 4.78 is 18.1. The molecule has 0 aliphatic carbocycles. The predicted molar refractivity (Wildman–Crippen MR) is 110 cm³/mol. The van der Waals surface area contributed by atoms with Crippen LogP contribution in [0.2, 0.25) is 0 Å². The Bertz CT molecular complexity index is 967. The molecule has 28 heavy (non-hydrogen) atoms. The first-order valence-electron chi connectivity index (χ1n) is 9.03. The topological polar surface area (TPSA) is 27.7 Å². The van der Waals surface area contributed by atoms with Crippen LogP contribution in [-0.2, 0) is 0 Å². The molecular weight excluding hydrogens is 348 g/mol.